The first-order valence-corrected chi connectivity index (χ1v) is 13.0. The second kappa shape index (κ2) is 11.8. The molecule has 0 unspecified atom stereocenters. The van der Waals surface area contributed by atoms with E-state index in [0.717, 1.165) is 36.8 Å². The fourth-order valence-corrected chi connectivity index (χ4v) is 5.16. The lowest BCUT2D eigenvalue weighted by atomic mass is 10.1. The average Bonchev–Trinajstić information content (AvgIpc) is 3.48. The van der Waals surface area contributed by atoms with Crippen LogP contribution < -0.4 is 5.32 Å². The van der Waals surface area contributed by atoms with Crippen LogP contribution in [-0.4, -0.2) is 33.0 Å². The van der Waals surface area contributed by atoms with Crippen LogP contribution in [0.4, 0.5) is 0 Å². The fourth-order valence-electron chi connectivity index (χ4n) is 3.64. The minimum absolute atomic E-state index is 0.0194. The Morgan fingerprint density at radius 3 is 2.61 bits per heavy atom. The maximum Gasteiger partial charge on any atom is 0.230 e. The van der Waals surface area contributed by atoms with Crippen LogP contribution in [0.15, 0.2) is 77.3 Å². The van der Waals surface area contributed by atoms with E-state index in [2.05, 4.69) is 80.9 Å². The van der Waals surface area contributed by atoms with Gasteiger partial charge in [-0.1, -0.05) is 72.4 Å². The van der Waals surface area contributed by atoms with E-state index < -0.39 is 0 Å². The molecule has 0 aliphatic heterocycles. The van der Waals surface area contributed by atoms with E-state index in [4.69, 9.17) is 0 Å². The summed E-state index contributed by atoms with van der Waals surface area (Å²) in [5, 5.41) is 14.8. The molecule has 4 aromatic rings. The zero-order valence-electron chi connectivity index (χ0n) is 18.7. The first kappa shape index (κ1) is 23.3. The van der Waals surface area contributed by atoms with Crippen molar-refractivity contribution >= 4 is 29.0 Å². The molecule has 0 saturated carbocycles. The molecule has 7 heteroatoms. The SMILES string of the molecule is Cc1ccccc1CCNC(=O)CSc1nnc(Cc2cccs2)n1CCc1ccccc1. The molecule has 0 aliphatic rings. The van der Waals surface area contributed by atoms with Crippen molar-refractivity contribution < 1.29 is 4.79 Å². The van der Waals surface area contributed by atoms with Gasteiger partial charge in [-0.3, -0.25) is 4.79 Å². The number of rotatable bonds is 11. The van der Waals surface area contributed by atoms with Gasteiger partial charge in [-0.2, -0.15) is 0 Å². The smallest absolute Gasteiger partial charge is 0.230 e. The molecule has 0 fully saturated rings. The number of aryl methyl sites for hydroxylation is 2. The molecule has 4 rings (SSSR count). The number of thioether (sulfide) groups is 1. The lowest BCUT2D eigenvalue weighted by Crippen LogP contribution is -2.27. The molecule has 5 nitrogen and oxygen atoms in total. The highest BCUT2D eigenvalue weighted by Crippen LogP contribution is 2.21. The van der Waals surface area contributed by atoms with E-state index >= 15 is 0 Å². The summed E-state index contributed by atoms with van der Waals surface area (Å²) in [6.07, 6.45) is 2.48. The minimum Gasteiger partial charge on any atom is -0.355 e. The number of nitrogens with zero attached hydrogens (tertiary/aromatic N) is 3. The van der Waals surface area contributed by atoms with E-state index in [1.165, 1.54) is 33.3 Å². The number of carbonyl (C=O) groups is 1. The van der Waals surface area contributed by atoms with Gasteiger partial charge in [0.25, 0.3) is 0 Å². The molecule has 0 atom stereocenters. The molecule has 2 aromatic carbocycles. The number of amides is 1. The predicted octanol–water partition coefficient (Wildman–Crippen LogP) is 4.93. The summed E-state index contributed by atoms with van der Waals surface area (Å²) in [5.74, 6) is 1.29. The van der Waals surface area contributed by atoms with Crippen molar-refractivity contribution in [3.8, 4) is 0 Å². The van der Waals surface area contributed by atoms with Crippen LogP contribution in [0.1, 0.15) is 27.4 Å². The third kappa shape index (κ3) is 6.79. The van der Waals surface area contributed by atoms with Gasteiger partial charge >= 0.3 is 0 Å². The molecule has 2 heterocycles. The molecule has 0 radical (unpaired) electrons. The van der Waals surface area contributed by atoms with Crippen LogP contribution >= 0.6 is 23.1 Å². The Morgan fingerprint density at radius 1 is 1.00 bits per heavy atom. The van der Waals surface area contributed by atoms with Crippen molar-refractivity contribution in [2.24, 2.45) is 0 Å². The van der Waals surface area contributed by atoms with Crippen LogP contribution in [0.25, 0.3) is 0 Å². The van der Waals surface area contributed by atoms with Crippen molar-refractivity contribution in [1.82, 2.24) is 20.1 Å². The zero-order valence-corrected chi connectivity index (χ0v) is 20.4. The summed E-state index contributed by atoms with van der Waals surface area (Å²) in [7, 11) is 0. The summed E-state index contributed by atoms with van der Waals surface area (Å²) in [6.45, 7) is 3.52. The maximum absolute atomic E-state index is 12.5. The molecule has 170 valence electrons. The minimum atomic E-state index is 0.0194. The van der Waals surface area contributed by atoms with Crippen molar-refractivity contribution in [2.75, 3.05) is 12.3 Å². The summed E-state index contributed by atoms with van der Waals surface area (Å²) in [4.78, 5) is 13.7. The molecule has 0 saturated heterocycles. The van der Waals surface area contributed by atoms with Crippen LogP contribution in [0.2, 0.25) is 0 Å². The number of thiophene rings is 1. The van der Waals surface area contributed by atoms with E-state index in [0.29, 0.717) is 12.3 Å². The Morgan fingerprint density at radius 2 is 1.82 bits per heavy atom. The van der Waals surface area contributed by atoms with Crippen molar-refractivity contribution in [3.05, 3.63) is 99.5 Å². The van der Waals surface area contributed by atoms with Crippen LogP contribution in [0, 0.1) is 6.92 Å². The van der Waals surface area contributed by atoms with Gasteiger partial charge in [0.1, 0.15) is 5.82 Å². The number of benzene rings is 2. The number of hydrogen-bond donors (Lipinski definition) is 1. The van der Waals surface area contributed by atoms with Gasteiger partial charge in [-0.25, -0.2) is 0 Å². The summed E-state index contributed by atoms with van der Waals surface area (Å²) in [5.41, 5.74) is 3.80. The Bertz CT molecular complexity index is 1160. The Labute approximate surface area is 203 Å². The van der Waals surface area contributed by atoms with Crippen LogP contribution in [0.3, 0.4) is 0 Å². The van der Waals surface area contributed by atoms with Gasteiger partial charge in [-0.15, -0.1) is 21.5 Å². The molecule has 0 bridgehead atoms. The van der Waals surface area contributed by atoms with Gasteiger partial charge in [-0.05, 0) is 47.9 Å². The third-order valence-electron chi connectivity index (χ3n) is 5.48. The second-order valence-electron chi connectivity index (χ2n) is 7.86. The fraction of sp³-hybridized carbons (Fsp3) is 0.269. The Hall–Kier alpha value is -2.90. The zero-order chi connectivity index (χ0) is 22.9. The van der Waals surface area contributed by atoms with E-state index in [-0.39, 0.29) is 5.91 Å². The average molecular weight is 477 g/mol. The van der Waals surface area contributed by atoms with Crippen molar-refractivity contribution in [3.63, 3.8) is 0 Å². The molecular weight excluding hydrogens is 448 g/mol. The molecule has 1 amide bonds. The first-order valence-electron chi connectivity index (χ1n) is 11.1. The van der Waals surface area contributed by atoms with Crippen molar-refractivity contribution in [1.29, 1.82) is 0 Å². The van der Waals surface area contributed by atoms with Gasteiger partial charge in [0, 0.05) is 24.4 Å². The highest BCUT2D eigenvalue weighted by molar-refractivity contribution is 7.99. The number of carbonyl (C=O) groups excluding carboxylic acids is 1. The lowest BCUT2D eigenvalue weighted by molar-refractivity contribution is -0.118. The van der Waals surface area contributed by atoms with E-state index in [1.807, 2.05) is 18.2 Å². The first-order chi connectivity index (χ1) is 16.2. The molecule has 2 aromatic heterocycles. The normalized spacial score (nSPS) is 10.9. The highest BCUT2D eigenvalue weighted by Gasteiger charge is 2.15. The van der Waals surface area contributed by atoms with Crippen molar-refractivity contribution in [2.45, 2.75) is 37.9 Å². The second-order valence-corrected chi connectivity index (χ2v) is 9.83. The Balaban J connectivity index is 1.35. The standard InChI is InChI=1S/C26H28N4OS2/c1-20-8-5-6-11-22(20)13-15-27-25(31)19-33-26-29-28-24(18-23-12-7-17-32-23)30(26)16-14-21-9-3-2-4-10-21/h2-12,17H,13-16,18-19H2,1H3,(H,27,31). The van der Waals surface area contributed by atoms with E-state index in [1.54, 1.807) is 11.3 Å². The monoisotopic (exact) mass is 476 g/mol. The van der Waals surface area contributed by atoms with Gasteiger partial charge < -0.3 is 9.88 Å². The van der Waals surface area contributed by atoms with Gasteiger partial charge in [0.15, 0.2) is 5.16 Å². The molecule has 0 spiro atoms. The summed E-state index contributed by atoms with van der Waals surface area (Å²) >= 11 is 3.18. The quantitative estimate of drug-likeness (QED) is 0.312. The van der Waals surface area contributed by atoms with Crippen LogP contribution in [0.5, 0.6) is 0 Å². The number of nitrogens with one attached hydrogen (secondary N) is 1. The molecule has 33 heavy (non-hydrogen) atoms. The van der Waals surface area contributed by atoms with E-state index in [9.17, 15) is 4.79 Å². The third-order valence-corrected chi connectivity index (χ3v) is 7.33. The number of aromatic nitrogens is 3. The summed E-state index contributed by atoms with van der Waals surface area (Å²) in [6, 6.07) is 22.9. The molecular formula is C26H28N4OS2. The molecule has 0 aliphatic carbocycles. The Kier molecular flexibility index (Phi) is 8.33. The molecule has 1 N–H and O–H groups in total. The topological polar surface area (TPSA) is 59.8 Å². The predicted molar refractivity (Wildman–Crippen MR) is 136 cm³/mol. The van der Waals surface area contributed by atoms with Gasteiger partial charge in [0.05, 0.1) is 5.75 Å². The highest BCUT2D eigenvalue weighted by atomic mass is 32.2. The maximum atomic E-state index is 12.5. The van der Waals surface area contributed by atoms with Gasteiger partial charge in [0.2, 0.25) is 5.91 Å². The lowest BCUT2D eigenvalue weighted by Gasteiger charge is -2.10. The van der Waals surface area contributed by atoms with Crippen LogP contribution in [-0.2, 0) is 30.6 Å². The largest absolute Gasteiger partial charge is 0.355 e. The number of hydrogen-bond acceptors (Lipinski definition) is 5. The summed E-state index contributed by atoms with van der Waals surface area (Å²) < 4.78 is 2.16.